The number of benzene rings is 1. The molecule has 0 bridgehead atoms. The summed E-state index contributed by atoms with van der Waals surface area (Å²) in [5.41, 5.74) is 1.15. The molecule has 1 N–H and O–H groups in total. The third-order valence-corrected chi connectivity index (χ3v) is 4.19. The van der Waals surface area contributed by atoms with Crippen LogP contribution in [0.15, 0.2) is 36.7 Å². The molecule has 1 aromatic heterocycles. The Kier molecular flexibility index (Phi) is 4.93. The van der Waals surface area contributed by atoms with Gasteiger partial charge >= 0.3 is 0 Å². The van der Waals surface area contributed by atoms with E-state index in [-0.39, 0.29) is 5.91 Å². The third-order valence-electron chi connectivity index (χ3n) is 4.19. The number of nitrogens with one attached hydrogen (secondary N) is 1. The number of hydrogen-bond acceptors (Lipinski definition) is 5. The van der Waals surface area contributed by atoms with Crippen LogP contribution in [0.5, 0.6) is 5.75 Å². The lowest BCUT2D eigenvalue weighted by atomic mass is 10.0. The molecule has 1 fully saturated rings. The second-order valence-corrected chi connectivity index (χ2v) is 6.15. The molecule has 0 radical (unpaired) electrons. The topological polar surface area (TPSA) is 67.3 Å². The van der Waals surface area contributed by atoms with Gasteiger partial charge < -0.3 is 15.0 Å². The molecule has 126 valence electrons. The molecule has 2 heterocycles. The number of rotatable bonds is 4. The number of carbonyl (C=O) groups excluding carboxylic acids is 1. The van der Waals surface area contributed by atoms with Gasteiger partial charge in [-0.25, -0.2) is 9.97 Å². The molecular weight excluding hydrogens is 304 g/mol. The van der Waals surface area contributed by atoms with Gasteiger partial charge in [0.15, 0.2) is 0 Å². The number of piperidine rings is 1. The van der Waals surface area contributed by atoms with Gasteiger partial charge in [0.05, 0.1) is 12.7 Å². The zero-order chi connectivity index (χ0) is 16.9. The lowest BCUT2D eigenvalue weighted by Gasteiger charge is -2.30. The van der Waals surface area contributed by atoms with Gasteiger partial charge in [0.25, 0.3) is 5.91 Å². The molecule has 6 heteroatoms. The van der Waals surface area contributed by atoms with Crippen LogP contribution in [0.4, 0.5) is 11.6 Å². The highest BCUT2D eigenvalue weighted by molar-refractivity contribution is 6.03. The highest BCUT2D eigenvalue weighted by Gasteiger charge is 2.19. The first-order valence-electron chi connectivity index (χ1n) is 8.18. The average Bonchev–Trinajstić information content (AvgIpc) is 2.62. The number of nitrogens with zero attached hydrogens (tertiary/aromatic N) is 3. The van der Waals surface area contributed by atoms with E-state index >= 15 is 0 Å². The van der Waals surface area contributed by atoms with Crippen molar-refractivity contribution < 1.29 is 9.53 Å². The Morgan fingerprint density at radius 1 is 1.25 bits per heavy atom. The number of ether oxygens (including phenoxy) is 1. The van der Waals surface area contributed by atoms with Crippen molar-refractivity contribution in [2.45, 2.75) is 19.8 Å². The van der Waals surface area contributed by atoms with E-state index in [1.54, 1.807) is 43.8 Å². The van der Waals surface area contributed by atoms with E-state index in [0.717, 1.165) is 25.3 Å². The summed E-state index contributed by atoms with van der Waals surface area (Å²) in [6.07, 6.45) is 5.57. The minimum Gasteiger partial charge on any atom is -0.497 e. The quantitative estimate of drug-likeness (QED) is 0.935. The molecule has 1 aliphatic rings. The van der Waals surface area contributed by atoms with Crippen molar-refractivity contribution in [1.29, 1.82) is 0 Å². The van der Waals surface area contributed by atoms with Crippen LogP contribution in [0.1, 0.15) is 30.1 Å². The van der Waals surface area contributed by atoms with Crippen molar-refractivity contribution in [2.75, 3.05) is 30.4 Å². The van der Waals surface area contributed by atoms with Crippen LogP contribution in [-0.4, -0.2) is 36.1 Å². The van der Waals surface area contributed by atoms with Crippen LogP contribution >= 0.6 is 0 Å². The minimum absolute atomic E-state index is 0.223. The van der Waals surface area contributed by atoms with Crippen LogP contribution in [-0.2, 0) is 0 Å². The summed E-state index contributed by atoms with van der Waals surface area (Å²) >= 11 is 0. The highest BCUT2D eigenvalue weighted by Crippen LogP contribution is 2.20. The average molecular weight is 326 g/mol. The Morgan fingerprint density at radius 3 is 2.58 bits per heavy atom. The highest BCUT2D eigenvalue weighted by atomic mass is 16.5. The van der Waals surface area contributed by atoms with E-state index in [1.807, 2.05) is 0 Å². The van der Waals surface area contributed by atoms with Crippen molar-refractivity contribution in [2.24, 2.45) is 5.92 Å². The minimum atomic E-state index is -0.223. The maximum atomic E-state index is 12.3. The Labute approximate surface area is 141 Å². The molecule has 1 unspecified atom stereocenters. The van der Waals surface area contributed by atoms with Crippen LogP contribution in [0, 0.1) is 5.92 Å². The third kappa shape index (κ3) is 3.82. The summed E-state index contributed by atoms with van der Waals surface area (Å²) in [4.78, 5) is 23.2. The number of anilines is 2. The first-order valence-corrected chi connectivity index (χ1v) is 8.18. The van der Waals surface area contributed by atoms with Gasteiger partial charge in [-0.3, -0.25) is 4.79 Å². The maximum absolute atomic E-state index is 12.3. The van der Waals surface area contributed by atoms with Crippen molar-refractivity contribution >= 4 is 17.5 Å². The summed E-state index contributed by atoms with van der Waals surface area (Å²) in [6.45, 7) is 4.18. The van der Waals surface area contributed by atoms with Crippen LogP contribution in [0.25, 0.3) is 0 Å². The molecule has 3 rings (SSSR count). The Bertz CT molecular complexity index is 685. The van der Waals surface area contributed by atoms with Crippen LogP contribution in [0.2, 0.25) is 0 Å². The monoisotopic (exact) mass is 326 g/mol. The predicted octanol–water partition coefficient (Wildman–Crippen LogP) is 2.97. The van der Waals surface area contributed by atoms with Gasteiger partial charge in [0.2, 0.25) is 5.95 Å². The molecule has 1 aliphatic heterocycles. The summed E-state index contributed by atoms with van der Waals surface area (Å²) in [6, 6.07) is 7.18. The van der Waals surface area contributed by atoms with Gasteiger partial charge in [0, 0.05) is 31.2 Å². The number of carbonyl (C=O) groups is 1. The number of aromatic nitrogens is 2. The standard InChI is InChI=1S/C18H22N4O2/c1-13-4-3-9-22(12-13)18-19-10-14(11-20-18)17(23)21-15-5-7-16(24-2)8-6-15/h5-8,10-11,13H,3-4,9,12H2,1-2H3,(H,21,23). The second kappa shape index (κ2) is 7.29. The maximum Gasteiger partial charge on any atom is 0.258 e. The van der Waals surface area contributed by atoms with Gasteiger partial charge in [-0.05, 0) is 43.0 Å². The molecule has 0 aliphatic carbocycles. The molecule has 0 saturated carbocycles. The first kappa shape index (κ1) is 16.2. The molecule has 6 nitrogen and oxygen atoms in total. The Hall–Kier alpha value is -2.63. The molecule has 1 aromatic carbocycles. The first-order chi connectivity index (χ1) is 11.7. The van der Waals surface area contributed by atoms with Gasteiger partial charge in [-0.2, -0.15) is 0 Å². The molecule has 1 amide bonds. The lowest BCUT2D eigenvalue weighted by molar-refractivity contribution is 0.102. The predicted molar refractivity (Wildman–Crippen MR) is 93.6 cm³/mol. The largest absolute Gasteiger partial charge is 0.497 e. The van der Waals surface area contributed by atoms with E-state index in [9.17, 15) is 4.79 Å². The number of hydrogen-bond donors (Lipinski definition) is 1. The van der Waals surface area contributed by atoms with Gasteiger partial charge in [-0.1, -0.05) is 6.92 Å². The second-order valence-electron chi connectivity index (χ2n) is 6.15. The fourth-order valence-corrected chi connectivity index (χ4v) is 2.85. The molecule has 2 aromatic rings. The zero-order valence-corrected chi connectivity index (χ0v) is 14.0. The smallest absolute Gasteiger partial charge is 0.258 e. The van der Waals surface area contributed by atoms with Gasteiger partial charge in [-0.15, -0.1) is 0 Å². The van der Waals surface area contributed by atoms with E-state index in [1.165, 1.54) is 6.42 Å². The fourth-order valence-electron chi connectivity index (χ4n) is 2.85. The van der Waals surface area contributed by atoms with Crippen molar-refractivity contribution in [3.05, 3.63) is 42.2 Å². The number of amides is 1. The van der Waals surface area contributed by atoms with Crippen molar-refractivity contribution in [1.82, 2.24) is 9.97 Å². The number of methoxy groups -OCH3 is 1. The zero-order valence-electron chi connectivity index (χ0n) is 14.0. The van der Waals surface area contributed by atoms with E-state index in [2.05, 4.69) is 27.1 Å². The molecular formula is C18H22N4O2. The molecule has 1 saturated heterocycles. The summed E-state index contributed by atoms with van der Waals surface area (Å²) < 4.78 is 5.10. The lowest BCUT2D eigenvalue weighted by Crippen LogP contribution is -2.35. The fraction of sp³-hybridized carbons (Fsp3) is 0.389. The SMILES string of the molecule is COc1ccc(NC(=O)c2cnc(N3CCCC(C)C3)nc2)cc1. The Morgan fingerprint density at radius 2 is 1.96 bits per heavy atom. The molecule has 24 heavy (non-hydrogen) atoms. The summed E-state index contributed by atoms with van der Waals surface area (Å²) in [5, 5.41) is 2.83. The van der Waals surface area contributed by atoms with E-state index < -0.39 is 0 Å². The van der Waals surface area contributed by atoms with Crippen LogP contribution < -0.4 is 15.0 Å². The van der Waals surface area contributed by atoms with E-state index in [4.69, 9.17) is 4.74 Å². The van der Waals surface area contributed by atoms with Gasteiger partial charge in [0.1, 0.15) is 5.75 Å². The molecule has 1 atom stereocenters. The normalized spacial score (nSPS) is 17.4. The summed E-state index contributed by atoms with van der Waals surface area (Å²) in [5.74, 6) is 1.87. The Balaban J connectivity index is 1.64. The van der Waals surface area contributed by atoms with Crippen LogP contribution in [0.3, 0.4) is 0 Å². The van der Waals surface area contributed by atoms with Crippen molar-refractivity contribution in [3.8, 4) is 5.75 Å². The van der Waals surface area contributed by atoms with E-state index in [0.29, 0.717) is 23.1 Å². The van der Waals surface area contributed by atoms with Crippen molar-refractivity contribution in [3.63, 3.8) is 0 Å². The molecule has 0 spiro atoms. The summed E-state index contributed by atoms with van der Waals surface area (Å²) in [7, 11) is 1.61.